The number of carbonyl (C=O) groups is 1. The van der Waals surface area contributed by atoms with Crippen LogP contribution in [-0.4, -0.2) is 48.1 Å². The van der Waals surface area contributed by atoms with Gasteiger partial charge in [-0.1, -0.05) is 18.2 Å². The standard InChI is InChI=1S/C16H19NO5S2/c1-10-15(12-6-2-3-7-13(12)23-10)24(21,22)17-8-4-5-11(9-17)14(18)16(19)20/h2-3,6-7,11,14,18H,4-5,8-9H2,1H3,(H,19,20). The Bertz CT molecular complexity index is 874. The molecule has 130 valence electrons. The minimum atomic E-state index is -3.73. The minimum Gasteiger partial charge on any atom is -0.479 e. The SMILES string of the molecule is Cc1sc2ccccc2c1S(=O)(=O)N1CCCC(C(O)C(=O)O)C1. The molecule has 6 nitrogen and oxygen atoms in total. The van der Waals surface area contributed by atoms with Crippen molar-refractivity contribution in [1.29, 1.82) is 0 Å². The third-order valence-electron chi connectivity index (χ3n) is 4.43. The number of aliphatic hydroxyl groups excluding tert-OH is 1. The van der Waals surface area contributed by atoms with Gasteiger partial charge in [0.1, 0.15) is 4.90 Å². The van der Waals surface area contributed by atoms with Crippen LogP contribution in [-0.2, 0) is 14.8 Å². The molecule has 0 amide bonds. The van der Waals surface area contributed by atoms with Crippen LogP contribution < -0.4 is 0 Å². The second-order valence-corrected chi connectivity index (χ2v) is 9.16. The Kier molecular flexibility index (Phi) is 4.65. The van der Waals surface area contributed by atoms with Crippen LogP contribution in [0.4, 0.5) is 0 Å². The predicted molar refractivity (Wildman–Crippen MR) is 91.7 cm³/mol. The van der Waals surface area contributed by atoms with Crippen LogP contribution in [0.5, 0.6) is 0 Å². The number of sulfonamides is 1. The Hall–Kier alpha value is -1.48. The number of hydrogen-bond acceptors (Lipinski definition) is 5. The van der Waals surface area contributed by atoms with Gasteiger partial charge in [-0.15, -0.1) is 11.3 Å². The van der Waals surface area contributed by atoms with Gasteiger partial charge in [0, 0.05) is 34.0 Å². The molecule has 2 unspecified atom stereocenters. The van der Waals surface area contributed by atoms with Crippen molar-refractivity contribution in [2.45, 2.75) is 30.8 Å². The summed E-state index contributed by atoms with van der Waals surface area (Å²) in [6.07, 6.45) is -0.499. The molecule has 2 aromatic rings. The normalized spacial score (nSPS) is 21.0. The maximum atomic E-state index is 13.1. The summed E-state index contributed by atoms with van der Waals surface area (Å²) in [5.74, 6) is -1.90. The van der Waals surface area contributed by atoms with Crippen LogP contribution in [0.3, 0.4) is 0 Å². The van der Waals surface area contributed by atoms with E-state index in [4.69, 9.17) is 5.11 Å². The molecule has 2 atom stereocenters. The summed E-state index contributed by atoms with van der Waals surface area (Å²) in [4.78, 5) is 12.0. The molecule has 3 rings (SSSR count). The lowest BCUT2D eigenvalue weighted by Gasteiger charge is -2.33. The van der Waals surface area contributed by atoms with Gasteiger partial charge in [0.05, 0.1) is 0 Å². The van der Waals surface area contributed by atoms with Gasteiger partial charge in [0.2, 0.25) is 10.0 Å². The van der Waals surface area contributed by atoms with E-state index < -0.39 is 28.0 Å². The average molecular weight is 369 g/mol. The van der Waals surface area contributed by atoms with Gasteiger partial charge in [0.25, 0.3) is 0 Å². The fourth-order valence-electron chi connectivity index (χ4n) is 3.25. The van der Waals surface area contributed by atoms with E-state index in [0.717, 1.165) is 9.58 Å². The number of hydrogen-bond donors (Lipinski definition) is 2. The number of fused-ring (bicyclic) bond motifs is 1. The van der Waals surface area contributed by atoms with Crippen molar-refractivity contribution >= 4 is 37.4 Å². The highest BCUT2D eigenvalue weighted by Gasteiger charge is 2.37. The smallest absolute Gasteiger partial charge is 0.332 e. The van der Waals surface area contributed by atoms with Crippen molar-refractivity contribution in [2.75, 3.05) is 13.1 Å². The Morgan fingerprint density at radius 2 is 2.08 bits per heavy atom. The molecule has 1 aromatic carbocycles. The molecule has 1 fully saturated rings. The van der Waals surface area contributed by atoms with Crippen LogP contribution in [0.1, 0.15) is 17.7 Å². The van der Waals surface area contributed by atoms with E-state index in [2.05, 4.69) is 0 Å². The quantitative estimate of drug-likeness (QED) is 0.860. The fraction of sp³-hybridized carbons (Fsp3) is 0.438. The predicted octanol–water partition coefficient (Wildman–Crippen LogP) is 2.06. The number of nitrogens with zero attached hydrogens (tertiary/aromatic N) is 1. The molecule has 0 radical (unpaired) electrons. The molecule has 2 N–H and O–H groups in total. The largest absolute Gasteiger partial charge is 0.479 e. The third kappa shape index (κ3) is 2.95. The Labute approximate surface area is 144 Å². The lowest BCUT2D eigenvalue weighted by molar-refractivity contribution is -0.150. The van der Waals surface area contributed by atoms with Gasteiger partial charge >= 0.3 is 5.97 Å². The number of carboxylic acids is 1. The van der Waals surface area contributed by atoms with E-state index in [1.54, 1.807) is 19.1 Å². The maximum Gasteiger partial charge on any atom is 0.332 e. The summed E-state index contributed by atoms with van der Waals surface area (Å²) in [7, 11) is -3.73. The number of benzene rings is 1. The van der Waals surface area contributed by atoms with E-state index in [1.807, 2.05) is 12.1 Å². The highest BCUT2D eigenvalue weighted by Crippen LogP contribution is 2.37. The zero-order valence-corrected chi connectivity index (χ0v) is 14.8. The van der Waals surface area contributed by atoms with Gasteiger partial charge in [-0.3, -0.25) is 0 Å². The number of rotatable bonds is 4. The Morgan fingerprint density at radius 1 is 1.38 bits per heavy atom. The molecule has 1 aliphatic rings. The second-order valence-electron chi connectivity index (χ2n) is 6.03. The molecule has 24 heavy (non-hydrogen) atoms. The second kappa shape index (κ2) is 6.44. The van der Waals surface area contributed by atoms with Crippen LogP contribution in [0.2, 0.25) is 0 Å². The van der Waals surface area contributed by atoms with Crippen molar-refractivity contribution < 1.29 is 23.4 Å². The number of aryl methyl sites for hydroxylation is 1. The molecular formula is C16H19NO5S2. The third-order valence-corrected chi connectivity index (χ3v) is 7.70. The highest BCUT2D eigenvalue weighted by molar-refractivity contribution is 7.89. The molecular weight excluding hydrogens is 350 g/mol. The van der Waals surface area contributed by atoms with Gasteiger partial charge < -0.3 is 10.2 Å². The molecule has 2 heterocycles. The fourth-order valence-corrected chi connectivity index (χ4v) is 6.54. The highest BCUT2D eigenvalue weighted by atomic mass is 32.2. The summed E-state index contributed by atoms with van der Waals surface area (Å²) in [5, 5.41) is 19.4. The molecule has 0 aliphatic carbocycles. The van der Waals surface area contributed by atoms with E-state index in [1.165, 1.54) is 15.6 Å². The lowest BCUT2D eigenvalue weighted by Crippen LogP contribution is -2.45. The Morgan fingerprint density at radius 3 is 2.79 bits per heavy atom. The summed E-state index contributed by atoms with van der Waals surface area (Å²) in [6.45, 7) is 2.15. The van der Waals surface area contributed by atoms with Crippen LogP contribution >= 0.6 is 11.3 Å². The van der Waals surface area contributed by atoms with Crippen molar-refractivity contribution in [3.63, 3.8) is 0 Å². The van der Waals surface area contributed by atoms with Gasteiger partial charge in [-0.25, -0.2) is 13.2 Å². The zero-order valence-electron chi connectivity index (χ0n) is 13.2. The van der Waals surface area contributed by atoms with Gasteiger partial charge in [-0.05, 0) is 25.8 Å². The number of piperidine rings is 1. The van der Waals surface area contributed by atoms with E-state index in [0.29, 0.717) is 29.7 Å². The van der Waals surface area contributed by atoms with Crippen molar-refractivity contribution in [1.82, 2.24) is 4.31 Å². The maximum absolute atomic E-state index is 13.1. The topological polar surface area (TPSA) is 94.9 Å². The van der Waals surface area contributed by atoms with Crippen LogP contribution in [0.25, 0.3) is 10.1 Å². The molecule has 1 aromatic heterocycles. The summed E-state index contributed by atoms with van der Waals surface area (Å²) in [6, 6.07) is 7.36. The first-order valence-electron chi connectivity index (χ1n) is 7.71. The molecule has 0 spiro atoms. The zero-order chi connectivity index (χ0) is 17.5. The van der Waals surface area contributed by atoms with Crippen LogP contribution in [0, 0.1) is 12.8 Å². The summed E-state index contributed by atoms with van der Waals surface area (Å²) in [5.41, 5.74) is 0. The summed E-state index contributed by atoms with van der Waals surface area (Å²) < 4.78 is 28.5. The molecule has 1 saturated heterocycles. The number of aliphatic carboxylic acids is 1. The van der Waals surface area contributed by atoms with E-state index in [9.17, 15) is 18.3 Å². The average Bonchev–Trinajstić information content (AvgIpc) is 2.90. The number of aliphatic hydroxyl groups is 1. The summed E-state index contributed by atoms with van der Waals surface area (Å²) >= 11 is 1.43. The Balaban J connectivity index is 1.98. The monoisotopic (exact) mass is 369 g/mol. The first-order chi connectivity index (χ1) is 11.3. The van der Waals surface area contributed by atoms with E-state index >= 15 is 0 Å². The molecule has 8 heteroatoms. The van der Waals surface area contributed by atoms with Gasteiger partial charge in [0.15, 0.2) is 6.10 Å². The molecule has 1 aliphatic heterocycles. The number of carboxylic acid groups (broad SMARTS) is 1. The minimum absolute atomic E-state index is 0.0272. The number of thiophene rings is 1. The lowest BCUT2D eigenvalue weighted by atomic mass is 9.94. The van der Waals surface area contributed by atoms with Gasteiger partial charge in [-0.2, -0.15) is 4.31 Å². The molecule has 0 bridgehead atoms. The van der Waals surface area contributed by atoms with Crippen molar-refractivity contribution in [2.24, 2.45) is 5.92 Å². The van der Waals surface area contributed by atoms with E-state index in [-0.39, 0.29) is 6.54 Å². The first kappa shape index (κ1) is 17.3. The van der Waals surface area contributed by atoms with Crippen molar-refractivity contribution in [3.8, 4) is 0 Å². The molecule has 0 saturated carbocycles. The van der Waals surface area contributed by atoms with Crippen LogP contribution in [0.15, 0.2) is 29.2 Å². The first-order valence-corrected chi connectivity index (χ1v) is 9.97. The van der Waals surface area contributed by atoms with Crippen molar-refractivity contribution in [3.05, 3.63) is 29.1 Å².